The summed E-state index contributed by atoms with van der Waals surface area (Å²) >= 11 is 6.02. The Morgan fingerprint density at radius 3 is 2.35 bits per heavy atom. The van der Waals surface area contributed by atoms with E-state index in [1.54, 1.807) is 0 Å². The molecular weight excluding hydrogens is 483 g/mol. The number of sulfone groups is 1. The van der Waals surface area contributed by atoms with Gasteiger partial charge in [-0.2, -0.15) is 17.5 Å². The highest BCUT2D eigenvalue weighted by Crippen LogP contribution is 2.32. The monoisotopic (exact) mass is 497 g/mol. The van der Waals surface area contributed by atoms with Gasteiger partial charge in [0.05, 0.1) is 10.6 Å². The van der Waals surface area contributed by atoms with Crippen LogP contribution in [-0.4, -0.2) is 50.6 Å². The molecule has 1 amide bonds. The third kappa shape index (κ3) is 4.54. The van der Waals surface area contributed by atoms with Crippen LogP contribution < -0.4 is 5.32 Å². The molecule has 0 radical (unpaired) electrons. The molecule has 0 atom stereocenters. The van der Waals surface area contributed by atoms with Crippen molar-refractivity contribution in [2.75, 3.05) is 18.4 Å². The standard InChI is InChI=1S/C17H15ClF3N3O5S2/c18-13-6-5-11(10-14(13)31(28,29)24-8-1-2-9-24)23-15(25)12-4-3-7-22-16(12)30(26,27)17(19,20)21/h3-7,10H,1-2,8-9H2,(H,23,25). The summed E-state index contributed by atoms with van der Waals surface area (Å²) in [6, 6.07) is 5.45. The fraction of sp³-hybridized carbons (Fsp3) is 0.294. The number of halogens is 4. The molecule has 168 valence electrons. The van der Waals surface area contributed by atoms with E-state index in [0.29, 0.717) is 25.9 Å². The second-order valence-electron chi connectivity index (χ2n) is 6.52. The summed E-state index contributed by atoms with van der Waals surface area (Å²) in [7, 11) is -9.84. The van der Waals surface area contributed by atoms with Crippen LogP contribution in [0.1, 0.15) is 23.2 Å². The Morgan fingerprint density at radius 1 is 1.10 bits per heavy atom. The van der Waals surface area contributed by atoms with Gasteiger partial charge in [0.2, 0.25) is 10.0 Å². The number of carbonyl (C=O) groups is 1. The van der Waals surface area contributed by atoms with Crippen LogP contribution in [-0.2, 0) is 19.9 Å². The smallest absolute Gasteiger partial charge is 0.322 e. The van der Waals surface area contributed by atoms with Crippen molar-refractivity contribution in [3.63, 3.8) is 0 Å². The fourth-order valence-electron chi connectivity index (χ4n) is 2.93. The van der Waals surface area contributed by atoms with E-state index in [1.807, 2.05) is 0 Å². The Kier molecular flexibility index (Phi) is 6.33. The number of hydrogen-bond donors (Lipinski definition) is 1. The lowest BCUT2D eigenvalue weighted by atomic mass is 10.2. The van der Waals surface area contributed by atoms with Crippen molar-refractivity contribution in [2.24, 2.45) is 0 Å². The number of carbonyl (C=O) groups excluding carboxylic acids is 1. The zero-order chi connectivity index (χ0) is 23.0. The first kappa shape index (κ1) is 23.4. The number of anilines is 1. The molecule has 1 saturated heterocycles. The molecule has 2 aromatic rings. The van der Waals surface area contributed by atoms with Gasteiger partial charge >= 0.3 is 5.51 Å². The van der Waals surface area contributed by atoms with Gasteiger partial charge in [0.1, 0.15) is 4.90 Å². The Balaban J connectivity index is 1.96. The zero-order valence-electron chi connectivity index (χ0n) is 15.6. The highest BCUT2D eigenvalue weighted by molar-refractivity contribution is 7.92. The van der Waals surface area contributed by atoms with Gasteiger partial charge in [0, 0.05) is 25.0 Å². The molecule has 3 rings (SSSR count). The van der Waals surface area contributed by atoms with Crippen LogP contribution in [0, 0.1) is 0 Å². The lowest BCUT2D eigenvalue weighted by molar-refractivity contribution is -0.0438. The Hall–Kier alpha value is -2.22. The van der Waals surface area contributed by atoms with Gasteiger partial charge in [-0.05, 0) is 43.2 Å². The van der Waals surface area contributed by atoms with E-state index >= 15 is 0 Å². The summed E-state index contributed by atoms with van der Waals surface area (Å²) in [4.78, 5) is 15.5. The van der Waals surface area contributed by atoms with Crippen LogP contribution in [0.15, 0.2) is 46.5 Å². The normalized spacial score (nSPS) is 15.7. The highest BCUT2D eigenvalue weighted by Gasteiger charge is 2.49. The van der Waals surface area contributed by atoms with E-state index in [0.717, 1.165) is 24.4 Å². The minimum absolute atomic E-state index is 0.105. The molecule has 1 fully saturated rings. The molecule has 0 saturated carbocycles. The number of nitrogens with one attached hydrogen (secondary N) is 1. The summed E-state index contributed by atoms with van der Waals surface area (Å²) in [5.74, 6) is -1.22. The molecule has 0 bridgehead atoms. The number of amides is 1. The van der Waals surface area contributed by atoms with Crippen molar-refractivity contribution in [3.05, 3.63) is 47.1 Å². The van der Waals surface area contributed by atoms with Gasteiger partial charge in [-0.3, -0.25) is 4.79 Å². The molecule has 0 unspecified atom stereocenters. The van der Waals surface area contributed by atoms with Crippen LogP contribution in [0.4, 0.5) is 18.9 Å². The van der Waals surface area contributed by atoms with Gasteiger partial charge < -0.3 is 5.32 Å². The Morgan fingerprint density at radius 2 is 1.74 bits per heavy atom. The maximum Gasteiger partial charge on any atom is 0.503 e. The first-order valence-corrected chi connectivity index (χ1v) is 12.0. The Labute approximate surface area is 181 Å². The molecule has 8 nitrogen and oxygen atoms in total. The number of aromatic nitrogens is 1. The second-order valence-corrected chi connectivity index (χ2v) is 10.7. The number of alkyl halides is 3. The van der Waals surface area contributed by atoms with E-state index < -0.39 is 41.9 Å². The number of nitrogens with zero attached hydrogens (tertiary/aromatic N) is 2. The lowest BCUT2D eigenvalue weighted by Gasteiger charge is -2.17. The molecule has 1 N–H and O–H groups in total. The van der Waals surface area contributed by atoms with Crippen LogP contribution in [0.3, 0.4) is 0 Å². The summed E-state index contributed by atoms with van der Waals surface area (Å²) in [5.41, 5.74) is -6.61. The van der Waals surface area contributed by atoms with E-state index in [1.165, 1.54) is 16.4 Å². The van der Waals surface area contributed by atoms with E-state index in [2.05, 4.69) is 10.3 Å². The van der Waals surface area contributed by atoms with Crippen molar-refractivity contribution < 1.29 is 34.8 Å². The van der Waals surface area contributed by atoms with Crippen molar-refractivity contribution >= 4 is 43.1 Å². The predicted molar refractivity (Wildman–Crippen MR) is 105 cm³/mol. The van der Waals surface area contributed by atoms with Crippen LogP contribution in [0.2, 0.25) is 5.02 Å². The molecule has 1 aliphatic rings. The van der Waals surface area contributed by atoms with Crippen LogP contribution in [0.5, 0.6) is 0 Å². The first-order valence-electron chi connectivity index (χ1n) is 8.73. The number of sulfonamides is 1. The summed E-state index contributed by atoms with van der Waals surface area (Å²) < 4.78 is 89.0. The quantitative estimate of drug-likeness (QED) is 0.679. The van der Waals surface area contributed by atoms with Crippen LogP contribution >= 0.6 is 11.6 Å². The predicted octanol–water partition coefficient (Wildman–Crippen LogP) is 3.07. The molecule has 1 aliphatic heterocycles. The van der Waals surface area contributed by atoms with E-state index in [4.69, 9.17) is 11.6 Å². The van der Waals surface area contributed by atoms with Gasteiger partial charge in [-0.25, -0.2) is 21.8 Å². The molecule has 2 heterocycles. The van der Waals surface area contributed by atoms with E-state index in [9.17, 15) is 34.8 Å². The van der Waals surface area contributed by atoms with Crippen molar-refractivity contribution in [1.82, 2.24) is 9.29 Å². The van der Waals surface area contributed by atoms with Gasteiger partial charge in [-0.15, -0.1) is 0 Å². The summed E-state index contributed by atoms with van der Waals surface area (Å²) in [6.07, 6.45) is 2.17. The topological polar surface area (TPSA) is 114 Å². The average molecular weight is 498 g/mol. The van der Waals surface area contributed by atoms with Crippen molar-refractivity contribution in [2.45, 2.75) is 28.3 Å². The zero-order valence-corrected chi connectivity index (χ0v) is 17.9. The summed E-state index contributed by atoms with van der Waals surface area (Å²) in [6.45, 7) is 0.618. The molecule has 1 aromatic heterocycles. The molecule has 0 aliphatic carbocycles. The van der Waals surface area contributed by atoms with Gasteiger partial charge in [0.15, 0.2) is 5.03 Å². The number of benzene rings is 1. The maximum absolute atomic E-state index is 12.9. The second kappa shape index (κ2) is 8.37. The summed E-state index contributed by atoms with van der Waals surface area (Å²) in [5, 5.41) is 0.636. The van der Waals surface area contributed by atoms with Gasteiger partial charge in [-0.1, -0.05) is 11.6 Å². The molecule has 14 heteroatoms. The fourth-order valence-corrected chi connectivity index (χ4v) is 5.82. The van der Waals surface area contributed by atoms with Crippen molar-refractivity contribution in [1.29, 1.82) is 0 Å². The SMILES string of the molecule is O=C(Nc1ccc(Cl)c(S(=O)(=O)N2CCCC2)c1)c1cccnc1S(=O)(=O)C(F)(F)F. The van der Waals surface area contributed by atoms with Crippen molar-refractivity contribution in [3.8, 4) is 0 Å². The third-order valence-corrected chi connectivity index (χ3v) is 8.27. The van der Waals surface area contributed by atoms with Crippen LogP contribution in [0.25, 0.3) is 0 Å². The minimum Gasteiger partial charge on any atom is -0.322 e. The molecule has 31 heavy (non-hydrogen) atoms. The minimum atomic E-state index is -5.89. The number of pyridine rings is 1. The van der Waals surface area contributed by atoms with E-state index in [-0.39, 0.29) is 15.6 Å². The molecule has 1 aromatic carbocycles. The molecular formula is C17H15ClF3N3O5S2. The first-order chi connectivity index (χ1) is 14.4. The average Bonchev–Trinajstić information content (AvgIpc) is 3.24. The highest BCUT2D eigenvalue weighted by atomic mass is 35.5. The van der Waals surface area contributed by atoms with Gasteiger partial charge in [0.25, 0.3) is 15.7 Å². The Bertz CT molecular complexity index is 1230. The molecule has 0 spiro atoms. The number of hydrogen-bond acceptors (Lipinski definition) is 6. The largest absolute Gasteiger partial charge is 0.503 e. The maximum atomic E-state index is 12.9. The third-order valence-electron chi connectivity index (χ3n) is 4.45. The lowest BCUT2D eigenvalue weighted by Crippen LogP contribution is -2.28. The number of rotatable bonds is 5.